The number of nitrogens with zero attached hydrogens (tertiary/aromatic N) is 3. The van der Waals surface area contributed by atoms with E-state index in [4.69, 9.17) is 0 Å². The average molecular weight is 624 g/mol. The number of aromatic nitrogens is 2. The Morgan fingerprint density at radius 3 is 2.58 bits per heavy atom. The van der Waals surface area contributed by atoms with E-state index >= 15 is 0 Å². The Morgan fingerprint density at radius 1 is 0.812 bits per heavy atom. The Kier molecular flexibility index (Phi) is 5.81. The van der Waals surface area contributed by atoms with E-state index in [1.807, 2.05) is 0 Å². The summed E-state index contributed by atoms with van der Waals surface area (Å²) in [6.45, 7) is 5.54. The zero-order valence-corrected chi connectivity index (χ0v) is 27.2. The predicted molar refractivity (Wildman–Crippen MR) is 201 cm³/mol. The summed E-state index contributed by atoms with van der Waals surface area (Å²) in [6, 6.07) is 29.8. The van der Waals surface area contributed by atoms with Crippen molar-refractivity contribution in [1.29, 1.82) is 0 Å². The lowest BCUT2D eigenvalue weighted by Gasteiger charge is -2.35. The highest BCUT2D eigenvalue weighted by molar-refractivity contribution is 6.12. The molecule has 5 heterocycles. The van der Waals surface area contributed by atoms with Gasteiger partial charge in [0.2, 0.25) is 0 Å². The summed E-state index contributed by atoms with van der Waals surface area (Å²) in [7, 11) is 0. The van der Waals surface area contributed by atoms with Crippen LogP contribution in [0.4, 0.5) is 11.4 Å². The van der Waals surface area contributed by atoms with Crippen LogP contribution in [0.2, 0.25) is 0 Å². The van der Waals surface area contributed by atoms with E-state index in [1.54, 1.807) is 0 Å². The number of nitrogens with one attached hydrogen (secondary N) is 2. The van der Waals surface area contributed by atoms with Gasteiger partial charge in [0.1, 0.15) is 12.0 Å². The van der Waals surface area contributed by atoms with Gasteiger partial charge in [-0.25, -0.2) is 0 Å². The van der Waals surface area contributed by atoms with E-state index in [1.165, 1.54) is 71.9 Å². The number of allylic oxidation sites excluding steroid dienone is 6. The summed E-state index contributed by atoms with van der Waals surface area (Å²) in [5.41, 5.74) is 11.1. The number of benzene rings is 4. The third-order valence-corrected chi connectivity index (χ3v) is 10.7. The molecular weight excluding hydrogens is 587 g/mol. The molecule has 0 fully saturated rings. The van der Waals surface area contributed by atoms with Crippen molar-refractivity contribution in [2.24, 2.45) is 5.41 Å². The van der Waals surface area contributed by atoms with Crippen LogP contribution in [-0.2, 0) is 0 Å². The fraction of sp³-hybridized carbons (Fsp3) is 0.163. The molecule has 0 bridgehead atoms. The molecule has 0 saturated heterocycles. The Hall–Kier alpha value is -5.68. The Balaban J connectivity index is 1.30. The van der Waals surface area contributed by atoms with Crippen molar-refractivity contribution in [1.82, 2.24) is 19.8 Å². The van der Waals surface area contributed by atoms with Gasteiger partial charge in [-0.2, -0.15) is 0 Å². The topological polar surface area (TPSA) is 37.2 Å². The fourth-order valence-corrected chi connectivity index (χ4v) is 8.35. The van der Waals surface area contributed by atoms with Gasteiger partial charge in [0.05, 0.1) is 16.7 Å². The van der Waals surface area contributed by atoms with Gasteiger partial charge in [-0.3, -0.25) is 0 Å². The van der Waals surface area contributed by atoms with Crippen molar-refractivity contribution in [3.8, 4) is 11.1 Å². The van der Waals surface area contributed by atoms with Crippen LogP contribution in [0.5, 0.6) is 0 Å². The molecule has 3 aliphatic heterocycles. The summed E-state index contributed by atoms with van der Waals surface area (Å²) in [6.07, 6.45) is 22.4. The first-order valence-electron chi connectivity index (χ1n) is 17.1. The summed E-state index contributed by atoms with van der Waals surface area (Å²) in [5.74, 6) is 1.10. The average Bonchev–Trinajstić information content (AvgIpc) is 3.81. The molecule has 4 aromatic carbocycles. The molecule has 0 spiro atoms. The van der Waals surface area contributed by atoms with Crippen LogP contribution < -0.4 is 15.5 Å². The van der Waals surface area contributed by atoms with Crippen LogP contribution in [0.25, 0.3) is 55.1 Å². The lowest BCUT2D eigenvalue weighted by molar-refractivity contribution is 0.423. The van der Waals surface area contributed by atoms with Crippen LogP contribution in [0.3, 0.4) is 0 Å². The third kappa shape index (κ3) is 3.97. The number of fused-ring (bicyclic) bond motifs is 8. The van der Waals surface area contributed by atoms with Crippen LogP contribution in [0, 0.1) is 5.41 Å². The number of rotatable bonds is 3. The molecule has 6 aromatic rings. The normalized spacial score (nSPS) is 19.2. The highest BCUT2D eigenvalue weighted by Gasteiger charge is 2.39. The zero-order valence-electron chi connectivity index (χ0n) is 27.2. The molecule has 10 rings (SSSR count). The summed E-state index contributed by atoms with van der Waals surface area (Å²) in [4.78, 5) is 2.56. The van der Waals surface area contributed by atoms with E-state index < -0.39 is 0 Å². The quantitative estimate of drug-likeness (QED) is 0.206. The van der Waals surface area contributed by atoms with Gasteiger partial charge >= 0.3 is 0 Å². The lowest BCUT2D eigenvalue weighted by atomic mass is 9.88. The summed E-state index contributed by atoms with van der Waals surface area (Å²) >= 11 is 0. The second-order valence-corrected chi connectivity index (χ2v) is 14.0. The first-order chi connectivity index (χ1) is 23.5. The molecule has 1 atom stereocenters. The number of hydrogen-bond acceptors (Lipinski definition) is 3. The Morgan fingerprint density at radius 2 is 1.73 bits per heavy atom. The molecule has 2 N–H and O–H groups in total. The van der Waals surface area contributed by atoms with Crippen LogP contribution in [-0.4, -0.2) is 15.7 Å². The molecule has 2 aromatic heterocycles. The molecule has 5 nitrogen and oxygen atoms in total. The smallest absolute Gasteiger partial charge is 0.110 e. The van der Waals surface area contributed by atoms with Gasteiger partial charge in [0.15, 0.2) is 0 Å². The second-order valence-electron chi connectivity index (χ2n) is 14.0. The van der Waals surface area contributed by atoms with Crippen molar-refractivity contribution >= 4 is 55.3 Å². The fourth-order valence-electron chi connectivity index (χ4n) is 8.35. The standard InChI is InChI=1S/C43H37N5/c1-43(2)20-17-32-34-27-38-30(18-23-47(38)40-12-6-8-22-45-40)26-35(34)41-33-19-24-46(39-11-5-7-21-44-39)36(33)15-16-37(41)48(42(32)43)31-14-13-28-9-3-4-10-29(28)25-31/h3-4,6-10,12-21,23-27,39,44-45H,5,11,22H2,1-2H3/t39-/m0/s1. The maximum Gasteiger partial charge on any atom is 0.110 e. The van der Waals surface area contributed by atoms with Crippen molar-refractivity contribution in [2.75, 3.05) is 11.4 Å². The van der Waals surface area contributed by atoms with Crippen molar-refractivity contribution in [3.63, 3.8) is 0 Å². The monoisotopic (exact) mass is 623 g/mol. The molecule has 0 amide bonds. The highest BCUT2D eigenvalue weighted by Crippen LogP contribution is 2.56. The van der Waals surface area contributed by atoms with Gasteiger partial charge in [-0.1, -0.05) is 74.6 Å². The van der Waals surface area contributed by atoms with Crippen LogP contribution in [0.15, 0.2) is 140 Å². The molecule has 1 aliphatic carbocycles. The minimum Gasteiger partial charge on any atom is -0.371 e. The molecule has 48 heavy (non-hydrogen) atoms. The Labute approximate surface area is 280 Å². The maximum absolute atomic E-state index is 3.61. The molecule has 234 valence electrons. The van der Waals surface area contributed by atoms with E-state index in [0.29, 0.717) is 0 Å². The van der Waals surface area contributed by atoms with E-state index in [0.717, 1.165) is 25.2 Å². The van der Waals surface area contributed by atoms with E-state index in [2.05, 4.69) is 172 Å². The number of hydrogen-bond donors (Lipinski definition) is 2. The SMILES string of the molecule is CC1(C)C=CC2=C1N(c1ccc3ccccc3c1)c1ccc3c(ccn3[C@H]3CCC=CN3)c1-c1cc3ccn(C4=CC=CCN4)c3cc12. The first-order valence-corrected chi connectivity index (χ1v) is 17.1. The minimum absolute atomic E-state index is 0.186. The van der Waals surface area contributed by atoms with Crippen LogP contribution >= 0.6 is 0 Å². The lowest BCUT2D eigenvalue weighted by Crippen LogP contribution is -2.26. The molecule has 0 saturated carbocycles. The molecule has 5 heteroatoms. The first kappa shape index (κ1) is 27.4. The second kappa shape index (κ2) is 10.2. The van der Waals surface area contributed by atoms with Crippen molar-refractivity contribution in [3.05, 3.63) is 145 Å². The molecule has 4 aliphatic rings. The largest absolute Gasteiger partial charge is 0.371 e. The molecular formula is C43H37N5. The summed E-state index contributed by atoms with van der Waals surface area (Å²) < 4.78 is 4.73. The van der Waals surface area contributed by atoms with Crippen molar-refractivity contribution in [2.45, 2.75) is 32.9 Å². The number of dihydropyridines is 1. The van der Waals surface area contributed by atoms with Gasteiger partial charge < -0.3 is 24.7 Å². The Bertz CT molecular complexity index is 2480. The molecule has 0 unspecified atom stereocenters. The zero-order chi connectivity index (χ0) is 32.0. The van der Waals surface area contributed by atoms with Gasteiger partial charge in [0.25, 0.3) is 0 Å². The predicted octanol–water partition coefficient (Wildman–Crippen LogP) is 10.2. The highest BCUT2D eigenvalue weighted by atomic mass is 15.2. The minimum atomic E-state index is -0.186. The van der Waals surface area contributed by atoms with Gasteiger partial charge in [0, 0.05) is 57.6 Å². The van der Waals surface area contributed by atoms with E-state index in [9.17, 15) is 0 Å². The third-order valence-electron chi connectivity index (χ3n) is 10.7. The molecule has 0 radical (unpaired) electrons. The van der Waals surface area contributed by atoms with Gasteiger partial charge in [-0.15, -0.1) is 0 Å². The van der Waals surface area contributed by atoms with Crippen molar-refractivity contribution < 1.29 is 0 Å². The van der Waals surface area contributed by atoms with Crippen LogP contribution in [0.1, 0.15) is 38.4 Å². The van der Waals surface area contributed by atoms with E-state index in [-0.39, 0.29) is 11.6 Å². The number of anilines is 2. The maximum atomic E-state index is 3.61. The van der Waals surface area contributed by atoms with Gasteiger partial charge in [-0.05, 0) is 95.5 Å². The summed E-state index contributed by atoms with van der Waals surface area (Å²) in [5, 5.41) is 12.2.